The van der Waals surface area contributed by atoms with Gasteiger partial charge in [0, 0.05) is 25.1 Å². The van der Waals surface area contributed by atoms with Gasteiger partial charge >= 0.3 is 0 Å². The van der Waals surface area contributed by atoms with Gasteiger partial charge in [0.05, 0.1) is 4.47 Å². The molecule has 1 aromatic rings. The zero-order chi connectivity index (χ0) is 10.9. The molecule has 0 aromatic carbocycles. The fourth-order valence-electron chi connectivity index (χ4n) is 0.953. The van der Waals surface area contributed by atoms with Crippen LogP contribution in [0.4, 0.5) is 5.82 Å². The van der Waals surface area contributed by atoms with E-state index in [-0.39, 0.29) is 6.61 Å². The lowest BCUT2D eigenvalue weighted by Crippen LogP contribution is -2.06. The van der Waals surface area contributed by atoms with Crippen molar-refractivity contribution in [2.24, 2.45) is 0 Å². The summed E-state index contributed by atoms with van der Waals surface area (Å²) in [6.07, 6.45) is 4.10. The van der Waals surface area contributed by atoms with E-state index in [2.05, 4.69) is 31.2 Å². The molecule has 1 aromatic heterocycles. The van der Waals surface area contributed by atoms with E-state index in [4.69, 9.17) is 5.11 Å². The van der Waals surface area contributed by atoms with Gasteiger partial charge in [-0.3, -0.25) is 0 Å². The second-order valence-electron chi connectivity index (χ2n) is 2.84. The molecule has 0 amide bonds. The number of hydrogen-bond donors (Lipinski definition) is 2. The van der Waals surface area contributed by atoms with Gasteiger partial charge in [0.1, 0.15) is 12.1 Å². The van der Waals surface area contributed by atoms with Gasteiger partial charge in [-0.15, -0.1) is 0 Å². The van der Waals surface area contributed by atoms with Crippen LogP contribution in [-0.2, 0) is 0 Å². The molecule has 0 unspecified atom stereocenters. The number of rotatable bonds is 7. The number of halogens is 1. The highest BCUT2D eigenvalue weighted by Gasteiger charge is 1.98. The number of aromatic nitrogens is 2. The van der Waals surface area contributed by atoms with Crippen LogP contribution in [0.25, 0.3) is 0 Å². The van der Waals surface area contributed by atoms with E-state index in [0.717, 1.165) is 34.8 Å². The number of hydrogen-bond acceptors (Lipinski definition) is 5. The number of nitrogens with zero attached hydrogens (tertiary/aromatic N) is 2. The van der Waals surface area contributed by atoms with E-state index in [0.29, 0.717) is 0 Å². The molecule has 2 N–H and O–H groups in total. The maximum Gasteiger partial charge on any atom is 0.143 e. The zero-order valence-corrected chi connectivity index (χ0v) is 10.7. The molecule has 4 nitrogen and oxygen atoms in total. The van der Waals surface area contributed by atoms with E-state index < -0.39 is 0 Å². The third kappa shape index (κ3) is 5.34. The van der Waals surface area contributed by atoms with Gasteiger partial charge in [0.25, 0.3) is 0 Å². The highest BCUT2D eigenvalue weighted by Crippen LogP contribution is 2.16. The predicted molar refractivity (Wildman–Crippen MR) is 67.2 cm³/mol. The zero-order valence-electron chi connectivity index (χ0n) is 8.32. The van der Waals surface area contributed by atoms with Gasteiger partial charge in [-0.2, -0.15) is 11.8 Å². The van der Waals surface area contributed by atoms with Crippen LogP contribution in [0.15, 0.2) is 17.0 Å². The van der Waals surface area contributed by atoms with Crippen LogP contribution in [0.3, 0.4) is 0 Å². The van der Waals surface area contributed by atoms with Crippen LogP contribution < -0.4 is 5.32 Å². The molecule has 0 spiro atoms. The van der Waals surface area contributed by atoms with Gasteiger partial charge in [-0.25, -0.2) is 9.97 Å². The minimum atomic E-state index is 0.276. The summed E-state index contributed by atoms with van der Waals surface area (Å²) in [5, 5.41) is 11.8. The molecule has 1 rings (SSSR count). The smallest absolute Gasteiger partial charge is 0.143 e. The molecule has 15 heavy (non-hydrogen) atoms. The van der Waals surface area contributed by atoms with Gasteiger partial charge in [-0.05, 0) is 28.1 Å². The van der Waals surface area contributed by atoms with Crippen molar-refractivity contribution >= 4 is 33.5 Å². The van der Waals surface area contributed by atoms with E-state index >= 15 is 0 Å². The molecule has 0 atom stereocenters. The Morgan fingerprint density at radius 2 is 2.33 bits per heavy atom. The number of aliphatic hydroxyl groups excluding tert-OH is 1. The van der Waals surface area contributed by atoms with E-state index in [9.17, 15) is 0 Å². The summed E-state index contributed by atoms with van der Waals surface area (Å²) < 4.78 is 0.880. The molecule has 0 aliphatic heterocycles. The van der Waals surface area contributed by atoms with Crippen molar-refractivity contribution in [2.75, 3.05) is 30.0 Å². The van der Waals surface area contributed by atoms with Gasteiger partial charge < -0.3 is 10.4 Å². The van der Waals surface area contributed by atoms with Crippen LogP contribution >= 0.6 is 27.7 Å². The first kappa shape index (κ1) is 12.7. The quantitative estimate of drug-likeness (QED) is 0.750. The third-order valence-corrected chi connectivity index (χ3v) is 3.30. The summed E-state index contributed by atoms with van der Waals surface area (Å²) in [4.78, 5) is 7.98. The van der Waals surface area contributed by atoms with Crippen molar-refractivity contribution < 1.29 is 5.11 Å². The Morgan fingerprint density at radius 3 is 3.07 bits per heavy atom. The molecule has 84 valence electrons. The summed E-state index contributed by atoms with van der Waals surface area (Å²) in [6, 6.07) is 0. The maximum atomic E-state index is 8.59. The van der Waals surface area contributed by atoms with E-state index in [1.807, 2.05) is 11.8 Å². The lowest BCUT2D eigenvalue weighted by atomic mass is 10.5. The third-order valence-electron chi connectivity index (χ3n) is 1.65. The molecular formula is C9H14BrN3OS. The van der Waals surface area contributed by atoms with Crippen molar-refractivity contribution in [3.05, 3.63) is 17.0 Å². The Morgan fingerprint density at radius 1 is 1.47 bits per heavy atom. The summed E-state index contributed by atoms with van der Waals surface area (Å²) in [5.41, 5.74) is 0. The average molecular weight is 292 g/mol. The van der Waals surface area contributed by atoms with Crippen LogP contribution in [-0.4, -0.2) is 39.7 Å². The fraction of sp³-hybridized carbons (Fsp3) is 0.556. The van der Waals surface area contributed by atoms with Crippen molar-refractivity contribution in [1.82, 2.24) is 9.97 Å². The summed E-state index contributed by atoms with van der Waals surface area (Å²) in [5.74, 6) is 2.84. The van der Waals surface area contributed by atoms with Gasteiger partial charge in [0.15, 0.2) is 0 Å². The second-order valence-corrected chi connectivity index (χ2v) is 4.91. The monoisotopic (exact) mass is 291 g/mol. The SMILES string of the molecule is OCCCSCCNc1ncncc1Br. The fourth-order valence-corrected chi connectivity index (χ4v) is 2.10. The lowest BCUT2D eigenvalue weighted by Gasteiger charge is -2.05. The number of nitrogens with one attached hydrogen (secondary N) is 1. The molecule has 6 heteroatoms. The van der Waals surface area contributed by atoms with Crippen LogP contribution in [0.1, 0.15) is 6.42 Å². The Hall–Kier alpha value is -0.330. The highest BCUT2D eigenvalue weighted by atomic mass is 79.9. The Balaban J connectivity index is 2.12. The molecular weight excluding hydrogens is 278 g/mol. The first-order valence-corrected chi connectivity index (χ1v) is 6.67. The molecule has 0 radical (unpaired) electrons. The molecule has 0 saturated carbocycles. The molecule has 0 fully saturated rings. The molecule has 0 saturated heterocycles. The lowest BCUT2D eigenvalue weighted by molar-refractivity contribution is 0.296. The molecule has 0 aliphatic rings. The van der Waals surface area contributed by atoms with Crippen molar-refractivity contribution in [1.29, 1.82) is 0 Å². The number of thioether (sulfide) groups is 1. The normalized spacial score (nSPS) is 10.3. The van der Waals surface area contributed by atoms with Crippen molar-refractivity contribution in [2.45, 2.75) is 6.42 Å². The van der Waals surface area contributed by atoms with Crippen molar-refractivity contribution in [3.63, 3.8) is 0 Å². The maximum absolute atomic E-state index is 8.59. The largest absolute Gasteiger partial charge is 0.396 e. The highest BCUT2D eigenvalue weighted by molar-refractivity contribution is 9.10. The Bertz CT molecular complexity index is 288. The average Bonchev–Trinajstić information content (AvgIpc) is 2.25. The minimum Gasteiger partial charge on any atom is -0.396 e. The number of aliphatic hydroxyl groups is 1. The Kier molecular flexibility index (Phi) is 6.71. The van der Waals surface area contributed by atoms with Gasteiger partial charge in [0.2, 0.25) is 0 Å². The van der Waals surface area contributed by atoms with E-state index in [1.165, 1.54) is 6.33 Å². The first-order chi connectivity index (χ1) is 7.34. The summed E-state index contributed by atoms with van der Waals surface area (Å²) >= 11 is 5.18. The van der Waals surface area contributed by atoms with Gasteiger partial charge in [-0.1, -0.05) is 0 Å². The topological polar surface area (TPSA) is 58.0 Å². The van der Waals surface area contributed by atoms with Crippen LogP contribution in [0, 0.1) is 0 Å². The minimum absolute atomic E-state index is 0.276. The van der Waals surface area contributed by atoms with Crippen LogP contribution in [0.2, 0.25) is 0 Å². The Labute approximate surface area is 102 Å². The second kappa shape index (κ2) is 7.90. The molecule has 0 aliphatic carbocycles. The number of anilines is 1. The predicted octanol–water partition coefficient (Wildman–Crippen LogP) is 1.77. The standard InChI is InChI=1S/C9H14BrN3OS/c10-8-6-11-7-13-9(8)12-2-5-15-4-1-3-14/h6-7,14H,1-5H2,(H,11,12,13). The molecule has 0 bridgehead atoms. The van der Waals surface area contributed by atoms with Crippen molar-refractivity contribution in [3.8, 4) is 0 Å². The summed E-state index contributed by atoms with van der Waals surface area (Å²) in [7, 11) is 0. The summed E-state index contributed by atoms with van der Waals surface area (Å²) in [6.45, 7) is 1.14. The van der Waals surface area contributed by atoms with Crippen LogP contribution in [0.5, 0.6) is 0 Å². The molecule has 1 heterocycles. The first-order valence-electron chi connectivity index (χ1n) is 4.72. The van der Waals surface area contributed by atoms with E-state index in [1.54, 1.807) is 6.20 Å².